The van der Waals surface area contributed by atoms with Crippen molar-refractivity contribution >= 4 is 27.5 Å². The molecule has 190 valence electrons. The third-order valence-electron chi connectivity index (χ3n) is 6.64. The van der Waals surface area contributed by atoms with Crippen LogP contribution in [0.1, 0.15) is 54.9 Å². The smallest absolute Gasteiger partial charge is 0.244 e. The largest absolute Gasteiger partial charge is 0.352 e. The van der Waals surface area contributed by atoms with Crippen molar-refractivity contribution in [3.05, 3.63) is 64.7 Å². The second-order valence-corrected chi connectivity index (χ2v) is 11.6. The first-order valence-electron chi connectivity index (χ1n) is 12.2. The van der Waals surface area contributed by atoms with E-state index in [1.54, 1.807) is 13.0 Å². The summed E-state index contributed by atoms with van der Waals surface area (Å²) in [7, 11) is -3.74. The molecule has 35 heavy (non-hydrogen) atoms. The number of amides is 2. The van der Waals surface area contributed by atoms with Crippen LogP contribution in [-0.2, 0) is 26.2 Å². The number of nitrogens with zero attached hydrogens (tertiary/aromatic N) is 2. The van der Waals surface area contributed by atoms with Gasteiger partial charge in [0, 0.05) is 12.6 Å². The molecule has 1 fully saturated rings. The Morgan fingerprint density at radius 2 is 1.60 bits per heavy atom. The van der Waals surface area contributed by atoms with Gasteiger partial charge < -0.3 is 10.2 Å². The van der Waals surface area contributed by atoms with E-state index in [2.05, 4.69) is 5.32 Å². The van der Waals surface area contributed by atoms with Gasteiger partial charge in [-0.2, -0.15) is 0 Å². The van der Waals surface area contributed by atoms with Gasteiger partial charge in [-0.25, -0.2) is 8.42 Å². The van der Waals surface area contributed by atoms with Crippen molar-refractivity contribution in [3.63, 3.8) is 0 Å². The monoisotopic (exact) mass is 499 g/mol. The zero-order valence-electron chi connectivity index (χ0n) is 21.4. The minimum atomic E-state index is -3.74. The maximum absolute atomic E-state index is 13.6. The fraction of sp³-hybridized carbons (Fsp3) is 0.481. The summed E-state index contributed by atoms with van der Waals surface area (Å²) in [5.74, 6) is -0.639. The van der Waals surface area contributed by atoms with Crippen molar-refractivity contribution in [2.24, 2.45) is 0 Å². The van der Waals surface area contributed by atoms with Gasteiger partial charge >= 0.3 is 0 Å². The highest BCUT2D eigenvalue weighted by molar-refractivity contribution is 7.92. The lowest BCUT2D eigenvalue weighted by molar-refractivity contribution is -0.139. The fourth-order valence-corrected chi connectivity index (χ4v) is 5.45. The molecular formula is C27H37N3O4S. The molecule has 7 nitrogen and oxygen atoms in total. The Labute approximate surface area is 209 Å². The molecule has 0 radical (unpaired) electrons. The molecule has 1 saturated carbocycles. The van der Waals surface area contributed by atoms with E-state index in [0.29, 0.717) is 5.69 Å². The van der Waals surface area contributed by atoms with Crippen molar-refractivity contribution in [1.29, 1.82) is 0 Å². The zero-order chi connectivity index (χ0) is 25.8. The Bertz CT molecular complexity index is 1160. The van der Waals surface area contributed by atoms with E-state index >= 15 is 0 Å². The summed E-state index contributed by atoms with van der Waals surface area (Å²) in [6.45, 7) is 7.28. The maximum atomic E-state index is 13.6. The predicted octanol–water partition coefficient (Wildman–Crippen LogP) is 3.85. The van der Waals surface area contributed by atoms with E-state index in [0.717, 1.165) is 58.5 Å². The van der Waals surface area contributed by atoms with Gasteiger partial charge in [0.2, 0.25) is 21.8 Å². The van der Waals surface area contributed by atoms with Crippen molar-refractivity contribution in [2.75, 3.05) is 17.1 Å². The molecule has 1 atom stereocenters. The second-order valence-electron chi connectivity index (χ2n) is 9.73. The van der Waals surface area contributed by atoms with Crippen LogP contribution in [0.2, 0.25) is 0 Å². The van der Waals surface area contributed by atoms with E-state index in [1.807, 2.05) is 57.2 Å². The Morgan fingerprint density at radius 3 is 2.17 bits per heavy atom. The van der Waals surface area contributed by atoms with Crippen molar-refractivity contribution in [1.82, 2.24) is 10.2 Å². The number of anilines is 1. The molecule has 1 aliphatic carbocycles. The Hall–Kier alpha value is -2.87. The van der Waals surface area contributed by atoms with Crippen molar-refractivity contribution in [2.45, 2.75) is 72.0 Å². The van der Waals surface area contributed by atoms with Gasteiger partial charge in [-0.1, -0.05) is 60.4 Å². The molecule has 3 rings (SSSR count). The van der Waals surface area contributed by atoms with Crippen LogP contribution in [0.4, 0.5) is 5.69 Å². The van der Waals surface area contributed by atoms with Crippen LogP contribution < -0.4 is 9.62 Å². The Morgan fingerprint density at radius 1 is 1.00 bits per heavy atom. The minimum Gasteiger partial charge on any atom is -0.352 e. The first-order valence-corrected chi connectivity index (χ1v) is 14.0. The topological polar surface area (TPSA) is 86.8 Å². The normalized spacial score (nSPS) is 15.0. The standard InChI is InChI=1S/C27H37N3O4S/c1-19-10-13-23(14-11-19)17-29(22(4)27(32)28-24-8-6-7-9-24)26(31)18-30(35(5,33)34)25-15-12-20(2)16-21(25)3/h10-16,22,24H,6-9,17-18H2,1-5H3,(H,28,32)/t22-/m1/s1. The minimum absolute atomic E-state index is 0.129. The first-order chi connectivity index (χ1) is 16.5. The second kappa shape index (κ2) is 11.2. The van der Waals surface area contributed by atoms with Crippen molar-refractivity contribution in [3.8, 4) is 0 Å². The fourth-order valence-electron chi connectivity index (χ4n) is 4.54. The summed E-state index contributed by atoms with van der Waals surface area (Å²) in [6.07, 6.45) is 5.16. The quantitative estimate of drug-likeness (QED) is 0.568. The molecular weight excluding hydrogens is 462 g/mol. The molecule has 0 saturated heterocycles. The summed E-state index contributed by atoms with van der Waals surface area (Å²) >= 11 is 0. The molecule has 2 amide bonds. The summed E-state index contributed by atoms with van der Waals surface area (Å²) in [4.78, 5) is 28.2. The van der Waals surface area contributed by atoms with Gasteiger partial charge in [0.1, 0.15) is 12.6 Å². The molecule has 1 aliphatic rings. The molecule has 8 heteroatoms. The number of hydrogen-bond acceptors (Lipinski definition) is 4. The zero-order valence-corrected chi connectivity index (χ0v) is 22.2. The molecule has 1 N–H and O–H groups in total. The van der Waals surface area contributed by atoms with Gasteiger partial charge in [-0.05, 0) is 57.7 Å². The number of rotatable bonds is 9. The van der Waals surface area contributed by atoms with E-state index in [1.165, 1.54) is 4.90 Å². The van der Waals surface area contributed by atoms with Gasteiger partial charge in [-0.3, -0.25) is 13.9 Å². The van der Waals surface area contributed by atoms with Crippen LogP contribution in [0.3, 0.4) is 0 Å². The first kappa shape index (κ1) is 26.7. The van der Waals surface area contributed by atoms with Gasteiger partial charge in [0.15, 0.2) is 0 Å². The van der Waals surface area contributed by atoms with Gasteiger partial charge in [0.05, 0.1) is 11.9 Å². The SMILES string of the molecule is Cc1ccc(CN(C(=O)CN(c2ccc(C)cc2C)S(C)(=O)=O)[C@H](C)C(=O)NC2CCCC2)cc1. The third-order valence-corrected chi connectivity index (χ3v) is 7.77. The van der Waals surface area contributed by atoms with E-state index < -0.39 is 22.0 Å². The maximum Gasteiger partial charge on any atom is 0.244 e. The number of carbonyl (C=O) groups excluding carboxylic acids is 2. The molecule has 2 aromatic carbocycles. The number of carbonyl (C=O) groups is 2. The summed E-state index contributed by atoms with van der Waals surface area (Å²) < 4.78 is 26.6. The molecule has 0 spiro atoms. The predicted molar refractivity (Wildman–Crippen MR) is 140 cm³/mol. The lowest BCUT2D eigenvalue weighted by Gasteiger charge is -2.32. The highest BCUT2D eigenvalue weighted by Crippen LogP contribution is 2.24. The third kappa shape index (κ3) is 7.07. The summed E-state index contributed by atoms with van der Waals surface area (Å²) in [6, 6.07) is 12.6. The average molecular weight is 500 g/mol. The molecule has 0 heterocycles. The number of nitrogens with one attached hydrogen (secondary N) is 1. The molecule has 0 unspecified atom stereocenters. The Kier molecular flexibility index (Phi) is 8.59. The van der Waals surface area contributed by atoms with Crippen LogP contribution in [-0.4, -0.2) is 50.0 Å². The Balaban J connectivity index is 1.89. The number of benzene rings is 2. The van der Waals surface area contributed by atoms with Crippen molar-refractivity contribution < 1.29 is 18.0 Å². The molecule has 2 aromatic rings. The van der Waals surface area contributed by atoms with E-state index in [-0.39, 0.29) is 25.0 Å². The highest BCUT2D eigenvalue weighted by atomic mass is 32.2. The summed E-state index contributed by atoms with van der Waals surface area (Å²) in [5.41, 5.74) is 4.20. The lowest BCUT2D eigenvalue weighted by atomic mass is 10.1. The number of aryl methyl sites for hydroxylation is 3. The molecule has 0 aliphatic heterocycles. The van der Waals surface area contributed by atoms with Crippen LogP contribution in [0.25, 0.3) is 0 Å². The average Bonchev–Trinajstić information content (AvgIpc) is 3.29. The molecule has 0 aromatic heterocycles. The molecule has 0 bridgehead atoms. The van der Waals surface area contributed by atoms with E-state index in [9.17, 15) is 18.0 Å². The number of hydrogen-bond donors (Lipinski definition) is 1. The van der Waals surface area contributed by atoms with Crippen LogP contribution in [0.15, 0.2) is 42.5 Å². The summed E-state index contributed by atoms with van der Waals surface area (Å²) in [5, 5.41) is 3.07. The van der Waals surface area contributed by atoms with Gasteiger partial charge in [-0.15, -0.1) is 0 Å². The van der Waals surface area contributed by atoms with Crippen LogP contribution >= 0.6 is 0 Å². The lowest BCUT2D eigenvalue weighted by Crippen LogP contribution is -2.52. The number of sulfonamides is 1. The van der Waals surface area contributed by atoms with Crippen LogP contribution in [0.5, 0.6) is 0 Å². The van der Waals surface area contributed by atoms with Crippen LogP contribution in [0, 0.1) is 20.8 Å². The highest BCUT2D eigenvalue weighted by Gasteiger charge is 2.31. The van der Waals surface area contributed by atoms with E-state index in [4.69, 9.17) is 0 Å². The van der Waals surface area contributed by atoms with Gasteiger partial charge in [0.25, 0.3) is 0 Å².